The van der Waals surface area contributed by atoms with Crippen molar-refractivity contribution >= 4 is 40.3 Å². The Morgan fingerprint density at radius 2 is 1.77 bits per heavy atom. The van der Waals surface area contributed by atoms with Crippen molar-refractivity contribution in [2.45, 2.75) is 13.0 Å². The van der Waals surface area contributed by atoms with Crippen LogP contribution in [-0.2, 0) is 16.1 Å². The fourth-order valence-electron chi connectivity index (χ4n) is 4.12. The van der Waals surface area contributed by atoms with Crippen LogP contribution in [-0.4, -0.2) is 45.2 Å². The Labute approximate surface area is 236 Å². The van der Waals surface area contributed by atoms with E-state index in [0.717, 1.165) is 16.8 Å². The molecule has 2 heterocycles. The van der Waals surface area contributed by atoms with Crippen LogP contribution < -0.4 is 4.74 Å². The van der Waals surface area contributed by atoms with Gasteiger partial charge in [-0.25, -0.2) is 9.07 Å². The van der Waals surface area contributed by atoms with Crippen molar-refractivity contribution in [2.24, 2.45) is 0 Å². The standard InChI is InChI=1S/C30H26FN3O3S2/c1-36-17-7-16-33-29(35)27(39-30(33)38)18-23-19-34(24-9-3-2-4-10-24)32-28(23)21-12-14-25(15-13-21)37-20-22-8-5-6-11-26(22)31/h2-6,8-15,18-19H,7,16-17,20H2,1H3/b27-18-. The van der Waals surface area contributed by atoms with Gasteiger partial charge in [-0.3, -0.25) is 9.69 Å². The predicted molar refractivity (Wildman–Crippen MR) is 156 cm³/mol. The Bertz CT molecular complexity index is 1500. The maximum atomic E-state index is 13.9. The quantitative estimate of drug-likeness (QED) is 0.126. The highest BCUT2D eigenvalue weighted by Gasteiger charge is 2.32. The van der Waals surface area contributed by atoms with Crippen LogP contribution in [0.1, 0.15) is 17.5 Å². The van der Waals surface area contributed by atoms with Gasteiger partial charge in [-0.05, 0) is 55.0 Å². The van der Waals surface area contributed by atoms with Gasteiger partial charge in [0.1, 0.15) is 22.5 Å². The molecule has 0 bridgehead atoms. The molecule has 0 aliphatic carbocycles. The SMILES string of the molecule is COCCCN1C(=O)/C(=C/c2cn(-c3ccccc3)nc2-c2ccc(OCc3ccccc3F)cc2)SC1=S. The molecule has 0 radical (unpaired) electrons. The Hall–Kier alpha value is -3.79. The molecule has 9 heteroatoms. The molecule has 1 saturated heterocycles. The molecule has 0 N–H and O–H groups in total. The number of hydrogen-bond donors (Lipinski definition) is 0. The van der Waals surface area contributed by atoms with Gasteiger partial charge in [0.25, 0.3) is 5.91 Å². The molecule has 0 atom stereocenters. The number of amides is 1. The number of methoxy groups -OCH3 is 1. The van der Waals surface area contributed by atoms with E-state index in [1.807, 2.05) is 66.9 Å². The zero-order chi connectivity index (χ0) is 27.2. The molecule has 1 aliphatic rings. The zero-order valence-corrected chi connectivity index (χ0v) is 22.9. The number of carbonyl (C=O) groups is 1. The Morgan fingerprint density at radius 1 is 1.03 bits per heavy atom. The number of aromatic nitrogens is 2. The fourth-order valence-corrected chi connectivity index (χ4v) is 5.42. The third kappa shape index (κ3) is 6.27. The Balaban J connectivity index is 1.42. The third-order valence-electron chi connectivity index (χ3n) is 6.13. The van der Waals surface area contributed by atoms with Gasteiger partial charge >= 0.3 is 0 Å². The van der Waals surface area contributed by atoms with Gasteiger partial charge in [-0.15, -0.1) is 0 Å². The first-order chi connectivity index (χ1) is 19.0. The lowest BCUT2D eigenvalue weighted by molar-refractivity contribution is -0.122. The number of thioether (sulfide) groups is 1. The fraction of sp³-hybridized carbons (Fsp3) is 0.167. The average molecular weight is 560 g/mol. The summed E-state index contributed by atoms with van der Waals surface area (Å²) in [5, 5.41) is 4.85. The van der Waals surface area contributed by atoms with E-state index in [2.05, 4.69) is 0 Å². The highest BCUT2D eigenvalue weighted by atomic mass is 32.2. The van der Waals surface area contributed by atoms with Gasteiger partial charge in [0.15, 0.2) is 0 Å². The predicted octanol–water partition coefficient (Wildman–Crippen LogP) is 6.50. The summed E-state index contributed by atoms with van der Waals surface area (Å²) in [6.45, 7) is 1.20. The van der Waals surface area contributed by atoms with Crippen molar-refractivity contribution in [3.05, 3.63) is 107 Å². The minimum atomic E-state index is -0.297. The lowest BCUT2D eigenvalue weighted by atomic mass is 10.1. The van der Waals surface area contributed by atoms with Gasteiger partial charge in [-0.1, -0.05) is 60.4 Å². The topological polar surface area (TPSA) is 56.6 Å². The highest BCUT2D eigenvalue weighted by molar-refractivity contribution is 8.26. The average Bonchev–Trinajstić information content (AvgIpc) is 3.50. The third-order valence-corrected chi connectivity index (χ3v) is 7.51. The second kappa shape index (κ2) is 12.4. The summed E-state index contributed by atoms with van der Waals surface area (Å²) in [6, 6.07) is 23.8. The first-order valence-electron chi connectivity index (χ1n) is 12.4. The van der Waals surface area contributed by atoms with Gasteiger partial charge in [-0.2, -0.15) is 5.10 Å². The number of para-hydroxylation sites is 1. The Morgan fingerprint density at radius 3 is 2.51 bits per heavy atom. The summed E-state index contributed by atoms with van der Waals surface area (Å²) < 4.78 is 27.2. The van der Waals surface area contributed by atoms with Crippen LogP contribution >= 0.6 is 24.0 Å². The van der Waals surface area contributed by atoms with Crippen LogP contribution in [0.25, 0.3) is 23.0 Å². The highest BCUT2D eigenvalue weighted by Crippen LogP contribution is 2.35. The molecule has 0 unspecified atom stereocenters. The number of nitrogens with zero attached hydrogens (tertiary/aromatic N) is 3. The monoisotopic (exact) mass is 559 g/mol. The minimum absolute atomic E-state index is 0.114. The molecule has 0 spiro atoms. The van der Waals surface area contributed by atoms with E-state index in [-0.39, 0.29) is 18.3 Å². The van der Waals surface area contributed by atoms with Crippen LogP contribution in [0.2, 0.25) is 0 Å². The van der Waals surface area contributed by atoms with Crippen LogP contribution in [0.15, 0.2) is 90.0 Å². The largest absolute Gasteiger partial charge is 0.489 e. The van der Waals surface area contributed by atoms with E-state index in [0.29, 0.717) is 45.8 Å². The van der Waals surface area contributed by atoms with Crippen molar-refractivity contribution in [1.82, 2.24) is 14.7 Å². The molecule has 1 fully saturated rings. The van der Waals surface area contributed by atoms with Crippen molar-refractivity contribution < 1.29 is 18.7 Å². The molecule has 4 aromatic rings. The molecule has 198 valence electrons. The summed E-state index contributed by atoms with van der Waals surface area (Å²) >= 11 is 6.77. The summed E-state index contributed by atoms with van der Waals surface area (Å²) in [5.41, 5.74) is 3.74. The molecule has 6 nitrogen and oxygen atoms in total. The molecule has 1 aliphatic heterocycles. The molecular weight excluding hydrogens is 533 g/mol. The van der Waals surface area contributed by atoms with E-state index in [4.69, 9.17) is 26.8 Å². The number of rotatable bonds is 10. The number of halogens is 1. The molecular formula is C30H26FN3O3S2. The molecule has 3 aromatic carbocycles. The number of benzene rings is 3. The van der Waals surface area contributed by atoms with Crippen molar-refractivity contribution in [3.8, 4) is 22.7 Å². The van der Waals surface area contributed by atoms with Crippen LogP contribution in [0.3, 0.4) is 0 Å². The van der Waals surface area contributed by atoms with Crippen molar-refractivity contribution in [1.29, 1.82) is 0 Å². The maximum absolute atomic E-state index is 13.9. The first kappa shape index (κ1) is 26.8. The van der Waals surface area contributed by atoms with E-state index in [9.17, 15) is 9.18 Å². The molecule has 1 amide bonds. The van der Waals surface area contributed by atoms with Crippen LogP contribution in [0.5, 0.6) is 5.75 Å². The second-order valence-corrected chi connectivity index (χ2v) is 10.5. The van der Waals surface area contributed by atoms with Gasteiger partial charge in [0.2, 0.25) is 0 Å². The zero-order valence-electron chi connectivity index (χ0n) is 21.2. The van der Waals surface area contributed by atoms with Gasteiger partial charge in [0.05, 0.1) is 16.3 Å². The molecule has 39 heavy (non-hydrogen) atoms. The lowest BCUT2D eigenvalue weighted by Crippen LogP contribution is -2.29. The van der Waals surface area contributed by atoms with Crippen LogP contribution in [0.4, 0.5) is 4.39 Å². The van der Waals surface area contributed by atoms with E-state index < -0.39 is 0 Å². The summed E-state index contributed by atoms with van der Waals surface area (Å²) in [5.74, 6) is 0.203. The maximum Gasteiger partial charge on any atom is 0.266 e. The molecule has 0 saturated carbocycles. The van der Waals surface area contributed by atoms with E-state index in [1.54, 1.807) is 34.9 Å². The number of hydrogen-bond acceptors (Lipinski definition) is 6. The normalized spacial score (nSPS) is 14.4. The Kier molecular flexibility index (Phi) is 8.51. The number of ether oxygens (including phenoxy) is 2. The van der Waals surface area contributed by atoms with E-state index >= 15 is 0 Å². The minimum Gasteiger partial charge on any atom is -0.489 e. The van der Waals surface area contributed by atoms with Crippen molar-refractivity contribution in [3.63, 3.8) is 0 Å². The molecule has 1 aromatic heterocycles. The smallest absolute Gasteiger partial charge is 0.266 e. The lowest BCUT2D eigenvalue weighted by Gasteiger charge is -2.13. The van der Waals surface area contributed by atoms with Gasteiger partial charge in [0, 0.05) is 43.1 Å². The molecule has 5 rings (SSSR count). The van der Waals surface area contributed by atoms with Crippen LogP contribution in [0, 0.1) is 5.82 Å². The second-order valence-electron chi connectivity index (χ2n) is 8.80. The van der Waals surface area contributed by atoms with E-state index in [1.165, 1.54) is 17.8 Å². The van der Waals surface area contributed by atoms with Crippen molar-refractivity contribution in [2.75, 3.05) is 20.3 Å². The number of carbonyl (C=O) groups excluding carboxylic acids is 1. The summed E-state index contributed by atoms with van der Waals surface area (Å²) in [6.07, 6.45) is 4.46. The summed E-state index contributed by atoms with van der Waals surface area (Å²) in [4.78, 5) is 15.3. The summed E-state index contributed by atoms with van der Waals surface area (Å²) in [7, 11) is 1.64. The first-order valence-corrected chi connectivity index (χ1v) is 13.6. The van der Waals surface area contributed by atoms with Gasteiger partial charge < -0.3 is 9.47 Å². The number of thiocarbonyl (C=S) groups is 1.